The Bertz CT molecular complexity index is 518. The number of ether oxygens (including phenoxy) is 1. The van der Waals surface area contributed by atoms with Crippen LogP contribution in [-0.2, 0) is 20.9 Å². The highest BCUT2D eigenvalue weighted by atomic mass is 19.1. The molecule has 8 heteroatoms. The number of benzene rings is 1. The molecular weight excluding hydrogens is 283 g/mol. The van der Waals surface area contributed by atoms with E-state index in [0.29, 0.717) is 5.56 Å². The van der Waals surface area contributed by atoms with E-state index in [2.05, 4.69) is 15.4 Å². The van der Waals surface area contributed by atoms with Gasteiger partial charge in [-0.15, -0.1) is 0 Å². The summed E-state index contributed by atoms with van der Waals surface area (Å²) < 4.78 is 17.0. The lowest BCUT2D eigenvalue weighted by Gasteiger charge is -2.14. The number of nitrogens with one attached hydrogen (secondary N) is 2. The molecule has 0 saturated heterocycles. The molecule has 0 heterocycles. The normalized spacial score (nSPS) is 11.3. The summed E-state index contributed by atoms with van der Waals surface area (Å²) in [5, 5.41) is 13.4. The summed E-state index contributed by atoms with van der Waals surface area (Å²) in [5.41, 5.74) is 0.645. The van der Waals surface area contributed by atoms with Gasteiger partial charge in [0, 0.05) is 6.54 Å². The maximum Gasteiger partial charge on any atom is 0.326 e. The molecule has 0 aliphatic heterocycles. The first-order valence-corrected chi connectivity index (χ1v) is 6.00. The number of carbonyl (C=O) groups is 3. The van der Waals surface area contributed by atoms with Crippen LogP contribution in [0.1, 0.15) is 12.0 Å². The summed E-state index contributed by atoms with van der Waals surface area (Å²) in [6, 6.07) is 3.32. The van der Waals surface area contributed by atoms with Crippen LogP contribution >= 0.6 is 0 Å². The summed E-state index contributed by atoms with van der Waals surface area (Å²) in [5.74, 6) is -2.49. The summed E-state index contributed by atoms with van der Waals surface area (Å²) in [6.45, 7) is 0.0939. The average molecular weight is 298 g/mol. The smallest absolute Gasteiger partial charge is 0.326 e. The van der Waals surface area contributed by atoms with Crippen molar-refractivity contribution in [2.45, 2.75) is 19.0 Å². The number of esters is 1. The molecule has 0 spiro atoms. The molecule has 3 N–H and O–H groups in total. The van der Waals surface area contributed by atoms with Crippen LogP contribution in [-0.4, -0.2) is 36.2 Å². The molecule has 0 aromatic heterocycles. The van der Waals surface area contributed by atoms with Crippen molar-refractivity contribution in [1.29, 1.82) is 0 Å². The number of aliphatic carboxylic acids is 1. The fourth-order valence-electron chi connectivity index (χ4n) is 1.44. The van der Waals surface area contributed by atoms with Crippen molar-refractivity contribution in [2.24, 2.45) is 0 Å². The van der Waals surface area contributed by atoms with E-state index in [0.717, 1.165) is 7.11 Å². The van der Waals surface area contributed by atoms with Gasteiger partial charge in [0.1, 0.15) is 11.9 Å². The third-order valence-electron chi connectivity index (χ3n) is 2.57. The summed E-state index contributed by atoms with van der Waals surface area (Å²) in [6.07, 6.45) is -0.476. The lowest BCUT2D eigenvalue weighted by molar-refractivity contribution is -0.147. The van der Waals surface area contributed by atoms with Crippen LogP contribution < -0.4 is 10.6 Å². The Labute approximate surface area is 120 Å². The second kappa shape index (κ2) is 7.83. The van der Waals surface area contributed by atoms with Crippen LogP contribution in [0.2, 0.25) is 0 Å². The molecule has 2 amide bonds. The van der Waals surface area contributed by atoms with Gasteiger partial charge in [0.25, 0.3) is 0 Å². The Morgan fingerprint density at radius 1 is 1.29 bits per heavy atom. The van der Waals surface area contributed by atoms with Crippen LogP contribution in [0.4, 0.5) is 9.18 Å². The minimum atomic E-state index is -1.38. The van der Waals surface area contributed by atoms with Gasteiger partial charge >= 0.3 is 18.0 Å². The number of carboxylic acids is 1. The van der Waals surface area contributed by atoms with Crippen molar-refractivity contribution < 1.29 is 28.6 Å². The van der Waals surface area contributed by atoms with E-state index in [1.54, 1.807) is 0 Å². The van der Waals surface area contributed by atoms with E-state index in [1.807, 2.05) is 0 Å². The van der Waals surface area contributed by atoms with Crippen LogP contribution in [0.15, 0.2) is 24.3 Å². The van der Waals surface area contributed by atoms with Crippen LogP contribution in [0.3, 0.4) is 0 Å². The maximum atomic E-state index is 12.7. The molecule has 0 unspecified atom stereocenters. The van der Waals surface area contributed by atoms with Crippen molar-refractivity contribution in [2.75, 3.05) is 7.11 Å². The zero-order chi connectivity index (χ0) is 15.8. The molecule has 0 fully saturated rings. The zero-order valence-electron chi connectivity index (χ0n) is 11.3. The van der Waals surface area contributed by atoms with Gasteiger partial charge in [0.05, 0.1) is 13.5 Å². The Balaban J connectivity index is 2.48. The van der Waals surface area contributed by atoms with Crippen molar-refractivity contribution >= 4 is 18.0 Å². The first-order valence-electron chi connectivity index (χ1n) is 6.00. The predicted octanol–water partition coefficient (Wildman–Crippen LogP) is 0.641. The van der Waals surface area contributed by atoms with Crippen LogP contribution in [0.5, 0.6) is 0 Å². The Morgan fingerprint density at radius 2 is 1.90 bits per heavy atom. The highest BCUT2D eigenvalue weighted by Gasteiger charge is 2.23. The van der Waals surface area contributed by atoms with Crippen molar-refractivity contribution in [3.05, 3.63) is 35.6 Å². The number of hydrogen-bond acceptors (Lipinski definition) is 4. The predicted molar refractivity (Wildman–Crippen MR) is 69.8 cm³/mol. The zero-order valence-corrected chi connectivity index (χ0v) is 11.3. The number of halogens is 1. The van der Waals surface area contributed by atoms with E-state index in [9.17, 15) is 18.8 Å². The van der Waals surface area contributed by atoms with Crippen molar-refractivity contribution in [1.82, 2.24) is 10.6 Å². The van der Waals surface area contributed by atoms with E-state index in [4.69, 9.17) is 5.11 Å². The maximum absolute atomic E-state index is 12.7. The molecule has 1 rings (SSSR count). The van der Waals surface area contributed by atoms with Gasteiger partial charge in [0.2, 0.25) is 0 Å². The van der Waals surface area contributed by atoms with E-state index >= 15 is 0 Å². The van der Waals surface area contributed by atoms with Gasteiger partial charge in [-0.25, -0.2) is 14.0 Å². The fourth-order valence-corrected chi connectivity index (χ4v) is 1.44. The van der Waals surface area contributed by atoms with Gasteiger partial charge in [-0.05, 0) is 17.7 Å². The number of carbonyl (C=O) groups excluding carboxylic acids is 2. The molecule has 0 radical (unpaired) electrons. The molecule has 1 aromatic carbocycles. The van der Waals surface area contributed by atoms with Crippen LogP contribution in [0, 0.1) is 5.82 Å². The van der Waals surface area contributed by atoms with Gasteiger partial charge in [-0.2, -0.15) is 0 Å². The third kappa shape index (κ3) is 5.89. The van der Waals surface area contributed by atoms with Crippen LogP contribution in [0.25, 0.3) is 0 Å². The largest absolute Gasteiger partial charge is 0.480 e. The summed E-state index contributed by atoms with van der Waals surface area (Å²) >= 11 is 0. The van der Waals surface area contributed by atoms with E-state index < -0.39 is 36.2 Å². The molecule has 0 aliphatic carbocycles. The Kier molecular flexibility index (Phi) is 6.12. The first kappa shape index (κ1) is 16.4. The number of methoxy groups -OCH3 is 1. The Hall–Kier alpha value is -2.64. The van der Waals surface area contributed by atoms with Crippen molar-refractivity contribution in [3.63, 3.8) is 0 Å². The molecule has 1 aromatic rings. The number of amides is 2. The number of urea groups is 1. The second-order valence-electron chi connectivity index (χ2n) is 4.12. The Morgan fingerprint density at radius 3 is 2.43 bits per heavy atom. The monoisotopic (exact) mass is 298 g/mol. The highest BCUT2D eigenvalue weighted by Crippen LogP contribution is 2.02. The SMILES string of the molecule is COC(=O)C[C@H](NC(=O)NCc1ccc(F)cc1)C(=O)O. The standard InChI is InChI=1S/C13H15FN2O5/c1-21-11(17)6-10(12(18)19)16-13(20)15-7-8-2-4-9(14)5-3-8/h2-5,10H,6-7H2,1H3,(H,18,19)(H2,15,16,20)/t10-/m0/s1. The van der Waals surface area contributed by atoms with Crippen molar-refractivity contribution in [3.8, 4) is 0 Å². The van der Waals surface area contributed by atoms with Gasteiger partial charge in [-0.3, -0.25) is 4.79 Å². The highest BCUT2D eigenvalue weighted by molar-refractivity contribution is 5.86. The number of hydrogen-bond donors (Lipinski definition) is 3. The first-order chi connectivity index (χ1) is 9.92. The van der Waals surface area contributed by atoms with E-state index in [1.165, 1.54) is 24.3 Å². The summed E-state index contributed by atoms with van der Waals surface area (Å²) in [4.78, 5) is 33.5. The fraction of sp³-hybridized carbons (Fsp3) is 0.308. The molecule has 7 nitrogen and oxygen atoms in total. The van der Waals surface area contributed by atoms with E-state index in [-0.39, 0.29) is 6.54 Å². The molecule has 21 heavy (non-hydrogen) atoms. The quantitative estimate of drug-likeness (QED) is 0.669. The lowest BCUT2D eigenvalue weighted by Crippen LogP contribution is -2.46. The molecule has 0 bridgehead atoms. The minimum Gasteiger partial charge on any atom is -0.480 e. The minimum absolute atomic E-state index is 0.0939. The third-order valence-corrected chi connectivity index (χ3v) is 2.57. The van der Waals surface area contributed by atoms with Gasteiger partial charge < -0.3 is 20.5 Å². The number of carboxylic acid groups (broad SMARTS) is 1. The second-order valence-corrected chi connectivity index (χ2v) is 4.12. The molecule has 0 saturated carbocycles. The number of rotatable bonds is 6. The molecule has 114 valence electrons. The summed E-state index contributed by atoms with van der Waals surface area (Å²) in [7, 11) is 1.12. The van der Waals surface area contributed by atoms with Gasteiger partial charge in [-0.1, -0.05) is 12.1 Å². The lowest BCUT2D eigenvalue weighted by atomic mass is 10.2. The molecular formula is C13H15FN2O5. The molecule has 0 aliphatic rings. The topological polar surface area (TPSA) is 105 Å². The molecule has 1 atom stereocenters. The van der Waals surface area contributed by atoms with Gasteiger partial charge in [0.15, 0.2) is 0 Å². The average Bonchev–Trinajstić information content (AvgIpc) is 2.45.